The molecule has 0 radical (unpaired) electrons. The first-order chi connectivity index (χ1) is 14.5. The predicted molar refractivity (Wildman–Crippen MR) is 116 cm³/mol. The number of nitrogens with one attached hydrogen (secondary N) is 1. The van der Waals surface area contributed by atoms with Gasteiger partial charge in [-0.15, -0.1) is 12.4 Å². The zero-order chi connectivity index (χ0) is 21.3. The van der Waals surface area contributed by atoms with Crippen LogP contribution in [-0.4, -0.2) is 44.7 Å². The Morgan fingerprint density at radius 1 is 1.29 bits per heavy atom. The minimum absolute atomic E-state index is 0. The fourth-order valence-corrected chi connectivity index (χ4v) is 4.10. The fourth-order valence-electron chi connectivity index (χ4n) is 4.10. The zero-order valence-electron chi connectivity index (χ0n) is 17.1. The van der Waals surface area contributed by atoms with Gasteiger partial charge in [-0.3, -0.25) is 9.59 Å². The summed E-state index contributed by atoms with van der Waals surface area (Å²) in [4.78, 5) is 34.7. The van der Waals surface area contributed by atoms with Crippen LogP contribution in [0.4, 0.5) is 4.39 Å². The number of benzene rings is 1. The van der Waals surface area contributed by atoms with Crippen LogP contribution in [0.15, 0.2) is 35.4 Å². The summed E-state index contributed by atoms with van der Waals surface area (Å²) in [5.41, 5.74) is 2.44. The molecule has 1 aliphatic rings. The molecule has 0 unspecified atom stereocenters. The first kappa shape index (κ1) is 22.7. The number of nitriles is 1. The number of rotatable bonds is 5. The van der Waals surface area contributed by atoms with Gasteiger partial charge < -0.3 is 9.88 Å². The molecule has 0 aliphatic carbocycles. The number of likely N-dealkylation sites (tertiary alicyclic amines) is 1. The first-order valence-corrected chi connectivity index (χ1v) is 9.99. The summed E-state index contributed by atoms with van der Waals surface area (Å²) in [6, 6.07) is 7.71. The van der Waals surface area contributed by atoms with Crippen molar-refractivity contribution in [3.8, 4) is 6.07 Å². The lowest BCUT2D eigenvalue weighted by molar-refractivity contribution is 0.0841. The maximum absolute atomic E-state index is 13.1. The van der Waals surface area contributed by atoms with Crippen LogP contribution < -0.4 is 5.56 Å². The Morgan fingerprint density at radius 2 is 1.97 bits per heavy atom. The second-order valence-corrected chi connectivity index (χ2v) is 7.69. The van der Waals surface area contributed by atoms with Gasteiger partial charge >= 0.3 is 0 Å². The van der Waals surface area contributed by atoms with E-state index in [1.807, 2.05) is 13.0 Å². The number of aromatic amines is 1. The van der Waals surface area contributed by atoms with Gasteiger partial charge in [0.2, 0.25) is 0 Å². The Bertz CT molecular complexity index is 1190. The van der Waals surface area contributed by atoms with E-state index in [0.717, 1.165) is 31.6 Å². The van der Waals surface area contributed by atoms with Crippen LogP contribution in [0.3, 0.4) is 0 Å². The molecule has 3 heterocycles. The van der Waals surface area contributed by atoms with Crippen LogP contribution in [0.2, 0.25) is 0 Å². The minimum atomic E-state index is -0.343. The largest absolute Gasteiger partial charge is 0.342 e. The van der Waals surface area contributed by atoms with Crippen LogP contribution in [0.1, 0.15) is 40.2 Å². The monoisotopic (exact) mass is 443 g/mol. The van der Waals surface area contributed by atoms with Gasteiger partial charge in [0.1, 0.15) is 18.2 Å². The van der Waals surface area contributed by atoms with Gasteiger partial charge in [0, 0.05) is 29.3 Å². The number of aryl methyl sites for hydroxylation is 1. The number of aromatic nitrogens is 3. The van der Waals surface area contributed by atoms with Crippen LogP contribution >= 0.6 is 12.4 Å². The maximum atomic E-state index is 13.1. The van der Waals surface area contributed by atoms with Crippen LogP contribution in [0.25, 0.3) is 5.65 Å². The van der Waals surface area contributed by atoms with E-state index < -0.39 is 0 Å². The maximum Gasteiger partial charge on any atom is 0.262 e. The average Bonchev–Trinajstić information content (AvgIpc) is 3.17. The summed E-state index contributed by atoms with van der Waals surface area (Å²) in [5, 5.41) is 9.10. The topological polar surface area (TPSA) is 94.3 Å². The molecule has 0 atom stereocenters. The number of fused-ring (bicyclic) bond motifs is 1. The molecule has 1 aliphatic heterocycles. The third kappa shape index (κ3) is 4.53. The van der Waals surface area contributed by atoms with E-state index in [4.69, 9.17) is 5.26 Å². The number of Topliss-reactive ketones (excluding diaryl/α,β-unsaturated/α-hetero) is 1. The molecular formula is C22H23ClFN5O2. The van der Waals surface area contributed by atoms with Crippen molar-refractivity contribution < 1.29 is 9.18 Å². The highest BCUT2D eigenvalue weighted by Gasteiger charge is 2.26. The number of imidazole rings is 1. The summed E-state index contributed by atoms with van der Waals surface area (Å²) in [7, 11) is 0. The van der Waals surface area contributed by atoms with E-state index in [0.29, 0.717) is 29.7 Å². The number of carbonyl (C=O) groups excluding carboxylic acids is 1. The Hall–Kier alpha value is -3.02. The van der Waals surface area contributed by atoms with Gasteiger partial charge in [0.05, 0.1) is 0 Å². The number of piperidine rings is 1. The van der Waals surface area contributed by atoms with E-state index >= 15 is 0 Å². The molecule has 3 aromatic rings. The fraction of sp³-hybridized carbons (Fsp3) is 0.364. The normalized spacial score (nSPS) is 14.9. The summed E-state index contributed by atoms with van der Waals surface area (Å²) < 4.78 is 14.5. The zero-order valence-corrected chi connectivity index (χ0v) is 17.9. The van der Waals surface area contributed by atoms with Gasteiger partial charge in [-0.05, 0) is 63.5 Å². The Morgan fingerprint density at radius 3 is 2.61 bits per heavy atom. The standard InChI is InChI=1S/C22H22FN5O2.ClH/c1-14-18(22(30)28-13-25-19(12-24)21(28)26-14)8-11-27-9-6-16(7-10-27)20(29)15-2-4-17(23)5-3-15;/h2-5,13,16,26H,6-11H2,1H3;1H. The molecule has 31 heavy (non-hydrogen) atoms. The van der Waals surface area contributed by atoms with E-state index in [9.17, 15) is 14.0 Å². The lowest BCUT2D eigenvalue weighted by Crippen LogP contribution is -2.38. The number of hydrogen-bond donors (Lipinski definition) is 1. The van der Waals surface area contributed by atoms with Crippen molar-refractivity contribution >= 4 is 23.8 Å². The number of H-pyrrole nitrogens is 1. The van der Waals surface area contributed by atoms with Crippen molar-refractivity contribution in [1.82, 2.24) is 19.3 Å². The summed E-state index contributed by atoms with van der Waals surface area (Å²) in [5.74, 6) is -0.325. The number of halogens is 2. The van der Waals surface area contributed by atoms with Crippen molar-refractivity contribution in [2.24, 2.45) is 5.92 Å². The number of ketones is 1. The molecule has 2 aromatic heterocycles. The summed E-state index contributed by atoms with van der Waals surface area (Å²) in [6.45, 7) is 4.10. The van der Waals surface area contributed by atoms with E-state index in [-0.39, 0.29) is 41.2 Å². The van der Waals surface area contributed by atoms with Gasteiger partial charge in [-0.25, -0.2) is 13.8 Å². The smallest absolute Gasteiger partial charge is 0.262 e. The number of carbonyl (C=O) groups is 1. The van der Waals surface area contributed by atoms with Gasteiger partial charge in [0.15, 0.2) is 17.1 Å². The molecule has 162 valence electrons. The Balaban J connectivity index is 0.00000272. The SMILES string of the molecule is Cc1[nH]c2c(C#N)ncn2c(=O)c1CCN1CCC(C(=O)c2ccc(F)cc2)CC1.Cl. The summed E-state index contributed by atoms with van der Waals surface area (Å²) >= 11 is 0. The van der Waals surface area contributed by atoms with Gasteiger partial charge in [-0.2, -0.15) is 5.26 Å². The molecule has 4 rings (SSSR count). The van der Waals surface area contributed by atoms with Crippen molar-refractivity contribution in [2.75, 3.05) is 19.6 Å². The predicted octanol–water partition coefficient (Wildman–Crippen LogP) is 2.90. The third-order valence-electron chi connectivity index (χ3n) is 5.87. The molecule has 1 N–H and O–H groups in total. The molecule has 0 bridgehead atoms. The van der Waals surface area contributed by atoms with E-state index in [1.54, 1.807) is 12.1 Å². The molecule has 9 heteroatoms. The van der Waals surface area contributed by atoms with Crippen molar-refractivity contribution in [2.45, 2.75) is 26.2 Å². The minimum Gasteiger partial charge on any atom is -0.342 e. The second-order valence-electron chi connectivity index (χ2n) is 7.69. The van der Waals surface area contributed by atoms with Crippen molar-refractivity contribution in [1.29, 1.82) is 5.26 Å². The second kappa shape index (κ2) is 9.41. The van der Waals surface area contributed by atoms with Crippen LogP contribution in [0, 0.1) is 30.0 Å². The molecule has 0 spiro atoms. The molecule has 7 nitrogen and oxygen atoms in total. The Kier molecular flexibility index (Phi) is 6.88. The van der Waals surface area contributed by atoms with Gasteiger partial charge in [-0.1, -0.05) is 0 Å². The molecule has 0 saturated carbocycles. The van der Waals surface area contributed by atoms with Gasteiger partial charge in [0.25, 0.3) is 5.56 Å². The summed E-state index contributed by atoms with van der Waals surface area (Å²) in [6.07, 6.45) is 3.45. The number of hydrogen-bond acceptors (Lipinski definition) is 5. The molecule has 0 amide bonds. The molecule has 1 saturated heterocycles. The van der Waals surface area contributed by atoms with Crippen molar-refractivity contribution in [3.05, 3.63) is 69.3 Å². The molecule has 1 fully saturated rings. The first-order valence-electron chi connectivity index (χ1n) is 9.99. The highest BCUT2D eigenvalue weighted by molar-refractivity contribution is 5.97. The highest BCUT2D eigenvalue weighted by atomic mass is 35.5. The third-order valence-corrected chi connectivity index (χ3v) is 5.87. The van der Waals surface area contributed by atoms with E-state index in [2.05, 4.69) is 14.9 Å². The molecule has 1 aromatic carbocycles. The quantitative estimate of drug-likeness (QED) is 0.612. The van der Waals surface area contributed by atoms with E-state index in [1.165, 1.54) is 22.9 Å². The average molecular weight is 444 g/mol. The van der Waals surface area contributed by atoms with Crippen molar-refractivity contribution in [3.63, 3.8) is 0 Å². The highest BCUT2D eigenvalue weighted by Crippen LogP contribution is 2.22. The Labute approximate surface area is 184 Å². The molecular weight excluding hydrogens is 421 g/mol. The lowest BCUT2D eigenvalue weighted by Gasteiger charge is -2.31. The number of nitrogens with zero attached hydrogens (tertiary/aromatic N) is 4. The van der Waals surface area contributed by atoms with Crippen LogP contribution in [-0.2, 0) is 6.42 Å². The lowest BCUT2D eigenvalue weighted by atomic mass is 9.89. The van der Waals surface area contributed by atoms with Crippen LogP contribution in [0.5, 0.6) is 0 Å².